The van der Waals surface area contributed by atoms with Crippen molar-refractivity contribution in [3.05, 3.63) is 101 Å². The molecule has 6 nitrogen and oxygen atoms in total. The van der Waals surface area contributed by atoms with Gasteiger partial charge in [0.2, 0.25) is 0 Å². The summed E-state index contributed by atoms with van der Waals surface area (Å²) >= 11 is 1.42. The smallest absolute Gasteiger partial charge is 0.345 e. The van der Waals surface area contributed by atoms with Crippen LogP contribution in [0.4, 0.5) is 0 Å². The van der Waals surface area contributed by atoms with Crippen molar-refractivity contribution < 1.29 is 14.6 Å². The predicted octanol–water partition coefficient (Wildman–Crippen LogP) is 8.78. The molecule has 1 fully saturated rings. The molecule has 7 heteroatoms. The highest BCUT2D eigenvalue weighted by Crippen LogP contribution is 2.47. The monoisotopic (exact) mass is 573 g/mol. The third-order valence-corrected chi connectivity index (χ3v) is 9.58. The van der Waals surface area contributed by atoms with Gasteiger partial charge in [0.15, 0.2) is 0 Å². The average molecular weight is 574 g/mol. The first kappa shape index (κ1) is 26.4. The first-order valence-electron chi connectivity index (χ1n) is 14.4. The quantitative estimate of drug-likeness (QED) is 0.207. The Kier molecular flexibility index (Phi) is 6.96. The Morgan fingerprint density at radius 1 is 1.00 bits per heavy atom. The van der Waals surface area contributed by atoms with Crippen LogP contribution in [0.3, 0.4) is 0 Å². The van der Waals surface area contributed by atoms with E-state index in [9.17, 15) is 9.90 Å². The first-order valence-corrected chi connectivity index (χ1v) is 15.2. The molecule has 0 amide bonds. The number of aromatic carboxylic acids is 1. The summed E-state index contributed by atoms with van der Waals surface area (Å²) < 4.78 is 9.02. The van der Waals surface area contributed by atoms with Crippen LogP contribution in [0.25, 0.3) is 43.6 Å². The molecule has 42 heavy (non-hydrogen) atoms. The van der Waals surface area contributed by atoms with Crippen molar-refractivity contribution in [2.45, 2.75) is 44.6 Å². The highest BCUT2D eigenvalue weighted by Gasteiger charge is 2.29. The molecule has 6 aromatic rings. The topological polar surface area (TPSA) is 77.2 Å². The Hall–Kier alpha value is -4.49. The number of nitrogens with zero attached hydrogens (tertiary/aromatic N) is 3. The largest absolute Gasteiger partial charge is 0.496 e. The van der Waals surface area contributed by atoms with Gasteiger partial charge in [-0.2, -0.15) is 0 Å². The van der Waals surface area contributed by atoms with Crippen LogP contribution in [-0.4, -0.2) is 32.7 Å². The summed E-state index contributed by atoms with van der Waals surface area (Å²) in [5.41, 5.74) is 8.50. The lowest BCUT2D eigenvalue weighted by atomic mass is 9.83. The van der Waals surface area contributed by atoms with Crippen molar-refractivity contribution in [3.8, 4) is 28.3 Å². The molecule has 1 saturated carbocycles. The number of ether oxygens (including phenoxy) is 1. The molecule has 4 heterocycles. The van der Waals surface area contributed by atoms with Gasteiger partial charge in [0.05, 0.1) is 34.2 Å². The van der Waals surface area contributed by atoms with E-state index in [4.69, 9.17) is 9.72 Å². The summed E-state index contributed by atoms with van der Waals surface area (Å²) in [5.74, 6) is 0.329. The standard InChI is InChI=1S/C35H31N3O3S/c1-41-30-10-6-5-9-26(30)28-14-11-24-19-25(12-13-27(24)37-28)33-32(23-7-3-2-4-8-23)34-29(20-31(42-34)35(39)40)38(33)21-22-15-17-36-18-16-22/h5-6,9-20,23H,2-4,7-8,21H2,1H3,(H,39,40). The Morgan fingerprint density at radius 2 is 1.81 bits per heavy atom. The van der Waals surface area contributed by atoms with Gasteiger partial charge in [-0.05, 0) is 84.0 Å². The number of hydrogen-bond donors (Lipinski definition) is 1. The number of hydrogen-bond acceptors (Lipinski definition) is 5. The molecule has 0 spiro atoms. The van der Waals surface area contributed by atoms with Gasteiger partial charge < -0.3 is 14.4 Å². The molecule has 0 aliphatic heterocycles. The molecule has 7 rings (SSSR count). The zero-order chi connectivity index (χ0) is 28.6. The number of rotatable bonds is 7. The van der Waals surface area contributed by atoms with Crippen LogP contribution >= 0.6 is 11.3 Å². The molecule has 0 radical (unpaired) electrons. The number of carboxylic acid groups (broad SMARTS) is 1. The number of pyridine rings is 2. The maximum Gasteiger partial charge on any atom is 0.345 e. The van der Waals surface area contributed by atoms with E-state index in [0.717, 1.165) is 62.1 Å². The highest BCUT2D eigenvalue weighted by atomic mass is 32.1. The van der Waals surface area contributed by atoms with Gasteiger partial charge in [0.1, 0.15) is 10.6 Å². The third-order valence-electron chi connectivity index (χ3n) is 8.43. The van der Waals surface area contributed by atoms with Crippen LogP contribution in [0.2, 0.25) is 0 Å². The maximum absolute atomic E-state index is 12.1. The second kappa shape index (κ2) is 11.1. The predicted molar refractivity (Wildman–Crippen MR) is 169 cm³/mol. The summed E-state index contributed by atoms with van der Waals surface area (Å²) in [6.07, 6.45) is 9.54. The van der Waals surface area contributed by atoms with E-state index >= 15 is 0 Å². The van der Waals surface area contributed by atoms with Gasteiger partial charge in [-0.25, -0.2) is 9.78 Å². The number of fused-ring (bicyclic) bond motifs is 2. The molecule has 0 unspecified atom stereocenters. The van der Waals surface area contributed by atoms with E-state index in [2.05, 4.69) is 39.9 Å². The number of carboxylic acids is 1. The van der Waals surface area contributed by atoms with Gasteiger partial charge in [0.25, 0.3) is 0 Å². The van der Waals surface area contributed by atoms with Crippen LogP contribution in [-0.2, 0) is 6.54 Å². The molecule has 0 bridgehead atoms. The summed E-state index contributed by atoms with van der Waals surface area (Å²) in [6, 6.07) is 24.6. The van der Waals surface area contributed by atoms with E-state index in [1.54, 1.807) is 7.11 Å². The van der Waals surface area contributed by atoms with Gasteiger partial charge in [0, 0.05) is 29.9 Å². The fourth-order valence-corrected chi connectivity index (χ4v) is 7.57. The number of methoxy groups -OCH3 is 1. The van der Waals surface area contributed by atoms with E-state index in [1.165, 1.54) is 41.9 Å². The molecule has 0 atom stereocenters. The fourth-order valence-electron chi connectivity index (χ4n) is 6.45. The summed E-state index contributed by atoms with van der Waals surface area (Å²) in [6.45, 7) is 0.639. The van der Waals surface area contributed by atoms with Gasteiger partial charge >= 0.3 is 5.97 Å². The zero-order valence-electron chi connectivity index (χ0n) is 23.4. The van der Waals surface area contributed by atoms with Crippen molar-refractivity contribution in [3.63, 3.8) is 0 Å². The molecule has 2 aromatic carbocycles. The van der Waals surface area contributed by atoms with Crippen LogP contribution in [0.1, 0.15) is 58.8 Å². The normalized spacial score (nSPS) is 14.0. The van der Waals surface area contributed by atoms with Crippen LogP contribution in [0.15, 0.2) is 85.2 Å². The Bertz CT molecular complexity index is 1920. The number of carbonyl (C=O) groups is 1. The lowest BCUT2D eigenvalue weighted by Gasteiger charge is -2.24. The van der Waals surface area contributed by atoms with E-state index in [0.29, 0.717) is 17.3 Å². The van der Waals surface area contributed by atoms with Crippen molar-refractivity contribution in [1.29, 1.82) is 0 Å². The van der Waals surface area contributed by atoms with Crippen LogP contribution in [0.5, 0.6) is 5.75 Å². The van der Waals surface area contributed by atoms with Crippen molar-refractivity contribution in [2.75, 3.05) is 7.11 Å². The fraction of sp³-hybridized carbons (Fsp3) is 0.229. The Balaban J connectivity index is 1.42. The van der Waals surface area contributed by atoms with Gasteiger partial charge in [-0.3, -0.25) is 4.98 Å². The number of aromatic nitrogens is 3. The van der Waals surface area contributed by atoms with Crippen molar-refractivity contribution in [2.24, 2.45) is 0 Å². The minimum Gasteiger partial charge on any atom is -0.496 e. The number of thiophene rings is 1. The Labute approximate surface area is 248 Å². The van der Waals surface area contributed by atoms with Gasteiger partial charge in [-0.1, -0.05) is 43.5 Å². The molecule has 210 valence electrons. The number of para-hydroxylation sites is 1. The van der Waals surface area contributed by atoms with Crippen LogP contribution < -0.4 is 4.74 Å². The molecule has 0 saturated heterocycles. The first-order chi connectivity index (χ1) is 20.6. The Morgan fingerprint density at radius 3 is 2.60 bits per heavy atom. The van der Waals surface area contributed by atoms with Gasteiger partial charge in [-0.15, -0.1) is 11.3 Å². The van der Waals surface area contributed by atoms with E-state index < -0.39 is 5.97 Å². The zero-order valence-corrected chi connectivity index (χ0v) is 24.2. The minimum absolute atomic E-state index is 0.388. The van der Waals surface area contributed by atoms with Crippen molar-refractivity contribution in [1.82, 2.24) is 14.5 Å². The molecular formula is C35H31N3O3S. The van der Waals surface area contributed by atoms with Crippen molar-refractivity contribution >= 4 is 38.4 Å². The molecule has 4 aromatic heterocycles. The second-order valence-electron chi connectivity index (χ2n) is 11.0. The molecule has 1 N–H and O–H groups in total. The highest BCUT2D eigenvalue weighted by molar-refractivity contribution is 7.21. The number of benzene rings is 2. The summed E-state index contributed by atoms with van der Waals surface area (Å²) in [4.78, 5) is 21.7. The SMILES string of the molecule is COc1ccccc1-c1ccc2cc(-c3c(C4CCCCC4)c4sc(C(=O)O)cc4n3Cc3ccncc3)ccc2n1. The maximum atomic E-state index is 12.1. The van der Waals surface area contributed by atoms with E-state index in [1.807, 2.05) is 54.9 Å². The average Bonchev–Trinajstić information content (AvgIpc) is 3.60. The minimum atomic E-state index is -0.870. The molecule has 1 aliphatic carbocycles. The summed E-state index contributed by atoms with van der Waals surface area (Å²) in [7, 11) is 1.68. The second-order valence-corrected chi connectivity index (χ2v) is 12.0. The molecule has 1 aliphatic rings. The van der Waals surface area contributed by atoms with E-state index in [-0.39, 0.29) is 0 Å². The third kappa shape index (κ3) is 4.73. The molecular weight excluding hydrogens is 542 g/mol. The van der Waals surface area contributed by atoms with Crippen LogP contribution in [0, 0.1) is 0 Å². The lowest BCUT2D eigenvalue weighted by Crippen LogP contribution is -2.08. The lowest BCUT2D eigenvalue weighted by molar-refractivity contribution is 0.0702. The summed E-state index contributed by atoms with van der Waals surface area (Å²) in [5, 5.41) is 11.0.